The standard InChI is InChI=1S/C29H30O8/c1-29-14-24(17-9-10-34-15-17)37-28(32)22(29)13-23(26-20-11-19(12-21(26)29)35-27(20)31)36-25(30)8-5-16-3-6-18(33-2)7-4-16/h3-10,15,19-24,26H,11-14H2,1-2H3/b8-5+/t19-,20+,21+,22+,23-,24-,26+,29+/m0/s1. The van der Waals surface area contributed by atoms with Crippen molar-refractivity contribution in [1.82, 2.24) is 0 Å². The molecule has 0 spiro atoms. The van der Waals surface area contributed by atoms with Gasteiger partial charge < -0.3 is 23.4 Å². The minimum absolute atomic E-state index is 0.0212. The lowest BCUT2D eigenvalue weighted by atomic mass is 9.48. The van der Waals surface area contributed by atoms with Gasteiger partial charge in [-0.3, -0.25) is 9.59 Å². The van der Waals surface area contributed by atoms with Crippen LogP contribution in [-0.2, 0) is 28.6 Å². The lowest BCUT2D eigenvalue weighted by molar-refractivity contribution is -0.207. The second-order valence-electron chi connectivity index (χ2n) is 10.9. The Morgan fingerprint density at radius 1 is 1.05 bits per heavy atom. The predicted molar refractivity (Wildman–Crippen MR) is 130 cm³/mol. The van der Waals surface area contributed by atoms with Crippen LogP contribution in [0.2, 0.25) is 0 Å². The summed E-state index contributed by atoms with van der Waals surface area (Å²) >= 11 is 0. The van der Waals surface area contributed by atoms with E-state index in [1.807, 2.05) is 30.3 Å². The van der Waals surface area contributed by atoms with E-state index in [2.05, 4.69) is 6.92 Å². The van der Waals surface area contributed by atoms with Gasteiger partial charge in [0.05, 0.1) is 31.5 Å². The highest BCUT2D eigenvalue weighted by Gasteiger charge is 2.65. The SMILES string of the molecule is COc1ccc(/C=C/C(=O)O[C@H]2C[C@@H]3C(=O)O[C@H](c4ccoc4)C[C@]3(C)[C@@H]3C[C@@H]4C[C@@H](C(=O)O4)[C@@H]23)cc1. The zero-order valence-electron chi connectivity index (χ0n) is 20.8. The number of cyclic esters (lactones) is 1. The number of fused-ring (bicyclic) bond motifs is 6. The maximum absolute atomic E-state index is 13.3. The van der Waals surface area contributed by atoms with Gasteiger partial charge in [-0.2, -0.15) is 0 Å². The maximum Gasteiger partial charge on any atom is 0.331 e. The van der Waals surface area contributed by atoms with Crippen LogP contribution in [0.3, 0.4) is 0 Å². The van der Waals surface area contributed by atoms with E-state index in [1.54, 1.807) is 25.7 Å². The molecule has 0 unspecified atom stereocenters. The molecule has 1 aromatic carbocycles. The summed E-state index contributed by atoms with van der Waals surface area (Å²) in [6.07, 6.45) is 7.33. The number of methoxy groups -OCH3 is 1. The third-order valence-corrected chi connectivity index (χ3v) is 8.97. The largest absolute Gasteiger partial charge is 0.497 e. The van der Waals surface area contributed by atoms with Crippen molar-refractivity contribution in [3.8, 4) is 5.75 Å². The van der Waals surface area contributed by atoms with Gasteiger partial charge in [0.1, 0.15) is 24.1 Å². The van der Waals surface area contributed by atoms with Gasteiger partial charge in [0.25, 0.3) is 0 Å². The van der Waals surface area contributed by atoms with E-state index in [9.17, 15) is 14.4 Å². The molecule has 6 rings (SSSR count). The highest BCUT2D eigenvalue weighted by Crippen LogP contribution is 2.62. The van der Waals surface area contributed by atoms with E-state index in [1.165, 1.54) is 6.08 Å². The Morgan fingerprint density at radius 3 is 2.59 bits per heavy atom. The van der Waals surface area contributed by atoms with Crippen molar-refractivity contribution >= 4 is 24.0 Å². The minimum atomic E-state index is -0.578. The molecule has 0 N–H and O–H groups in total. The summed E-state index contributed by atoms with van der Waals surface area (Å²) in [5.74, 6) is -1.30. The van der Waals surface area contributed by atoms with Crippen molar-refractivity contribution in [3.05, 3.63) is 60.1 Å². The van der Waals surface area contributed by atoms with Crippen LogP contribution in [0.1, 0.15) is 49.8 Å². The number of hydrogen-bond donors (Lipinski definition) is 0. The number of carbonyl (C=O) groups excluding carboxylic acids is 3. The molecule has 3 heterocycles. The highest BCUT2D eigenvalue weighted by molar-refractivity contribution is 5.87. The predicted octanol–water partition coefficient (Wildman–Crippen LogP) is 4.50. The normalized spacial score (nSPS) is 36.3. The maximum atomic E-state index is 13.3. The molecule has 2 aliphatic heterocycles. The molecule has 4 aliphatic rings. The molecule has 8 atom stereocenters. The van der Waals surface area contributed by atoms with Crippen LogP contribution in [0.25, 0.3) is 6.08 Å². The Kier molecular flexibility index (Phi) is 5.85. The summed E-state index contributed by atoms with van der Waals surface area (Å²) in [6, 6.07) is 9.13. The fourth-order valence-corrected chi connectivity index (χ4v) is 7.16. The Morgan fingerprint density at radius 2 is 1.86 bits per heavy atom. The summed E-state index contributed by atoms with van der Waals surface area (Å²) in [4.78, 5) is 39.1. The van der Waals surface area contributed by atoms with Crippen molar-refractivity contribution in [2.24, 2.45) is 29.1 Å². The lowest BCUT2D eigenvalue weighted by Gasteiger charge is -2.57. The fraction of sp³-hybridized carbons (Fsp3) is 0.483. The van der Waals surface area contributed by atoms with Gasteiger partial charge in [0, 0.05) is 17.6 Å². The van der Waals surface area contributed by atoms with Crippen LogP contribution in [0.15, 0.2) is 53.4 Å². The first-order valence-electron chi connectivity index (χ1n) is 12.8. The number of benzene rings is 1. The molecule has 0 radical (unpaired) electrons. The average molecular weight is 507 g/mol. The number of hydrogen-bond acceptors (Lipinski definition) is 8. The topological polar surface area (TPSA) is 101 Å². The van der Waals surface area contributed by atoms with Crippen molar-refractivity contribution < 1.29 is 37.7 Å². The molecule has 2 saturated heterocycles. The lowest BCUT2D eigenvalue weighted by Crippen LogP contribution is -2.59. The van der Waals surface area contributed by atoms with Crippen LogP contribution in [0, 0.1) is 29.1 Å². The van der Waals surface area contributed by atoms with Crippen molar-refractivity contribution in [2.75, 3.05) is 7.11 Å². The second-order valence-corrected chi connectivity index (χ2v) is 10.9. The van der Waals surface area contributed by atoms with Gasteiger partial charge in [0.2, 0.25) is 0 Å². The molecule has 1 aromatic heterocycles. The molecule has 8 heteroatoms. The molecular weight excluding hydrogens is 476 g/mol. The summed E-state index contributed by atoms with van der Waals surface area (Å²) in [7, 11) is 1.60. The van der Waals surface area contributed by atoms with Gasteiger partial charge in [-0.1, -0.05) is 19.1 Å². The molecule has 2 saturated carbocycles. The van der Waals surface area contributed by atoms with Gasteiger partial charge in [-0.25, -0.2) is 4.79 Å². The smallest absolute Gasteiger partial charge is 0.331 e. The molecule has 194 valence electrons. The van der Waals surface area contributed by atoms with Crippen LogP contribution in [-0.4, -0.2) is 37.2 Å². The number of ether oxygens (including phenoxy) is 4. The van der Waals surface area contributed by atoms with Crippen LogP contribution in [0.4, 0.5) is 0 Å². The summed E-state index contributed by atoms with van der Waals surface area (Å²) in [5.41, 5.74) is 1.23. The second kappa shape index (κ2) is 9.08. The Bertz CT molecular complexity index is 1220. The van der Waals surface area contributed by atoms with Crippen LogP contribution >= 0.6 is 0 Å². The van der Waals surface area contributed by atoms with E-state index in [4.69, 9.17) is 23.4 Å². The molecule has 2 aromatic rings. The first kappa shape index (κ1) is 23.8. The molecule has 2 bridgehead atoms. The van der Waals surface area contributed by atoms with Crippen LogP contribution in [0.5, 0.6) is 5.75 Å². The minimum Gasteiger partial charge on any atom is -0.497 e. The van der Waals surface area contributed by atoms with Gasteiger partial charge in [-0.15, -0.1) is 0 Å². The van der Waals surface area contributed by atoms with Crippen molar-refractivity contribution in [3.63, 3.8) is 0 Å². The monoisotopic (exact) mass is 506 g/mol. The molecule has 37 heavy (non-hydrogen) atoms. The highest BCUT2D eigenvalue weighted by atomic mass is 16.6. The third kappa shape index (κ3) is 4.12. The Balaban J connectivity index is 1.26. The molecule has 8 nitrogen and oxygen atoms in total. The number of carbonyl (C=O) groups is 3. The van der Waals surface area contributed by atoms with E-state index >= 15 is 0 Å². The number of esters is 3. The third-order valence-electron chi connectivity index (χ3n) is 8.97. The number of furan rings is 1. The first-order chi connectivity index (χ1) is 17.9. The molecule has 0 amide bonds. The quantitative estimate of drug-likeness (QED) is 0.332. The Labute approximate surface area is 214 Å². The average Bonchev–Trinajstić information content (AvgIpc) is 3.52. The van der Waals surface area contributed by atoms with E-state index in [0.717, 1.165) is 16.9 Å². The van der Waals surface area contributed by atoms with Crippen LogP contribution < -0.4 is 4.74 Å². The fourth-order valence-electron chi connectivity index (χ4n) is 7.16. The summed E-state index contributed by atoms with van der Waals surface area (Å²) in [5, 5.41) is 0. The van der Waals surface area contributed by atoms with Gasteiger partial charge in [0.15, 0.2) is 0 Å². The van der Waals surface area contributed by atoms with Crippen molar-refractivity contribution in [1.29, 1.82) is 0 Å². The van der Waals surface area contributed by atoms with E-state index in [-0.39, 0.29) is 35.8 Å². The summed E-state index contributed by atoms with van der Waals surface area (Å²) < 4.78 is 27.9. The Hall–Kier alpha value is -3.55. The van der Waals surface area contributed by atoms with Gasteiger partial charge >= 0.3 is 17.9 Å². The number of rotatable bonds is 5. The van der Waals surface area contributed by atoms with E-state index < -0.39 is 29.5 Å². The molecule has 2 aliphatic carbocycles. The zero-order chi connectivity index (χ0) is 25.7. The first-order valence-corrected chi connectivity index (χ1v) is 12.8. The molecule has 4 fully saturated rings. The van der Waals surface area contributed by atoms with Gasteiger partial charge in [-0.05, 0) is 66.9 Å². The zero-order valence-corrected chi connectivity index (χ0v) is 20.8. The molecular formula is C29H30O8. The van der Waals surface area contributed by atoms with Crippen molar-refractivity contribution in [2.45, 2.75) is 50.9 Å². The summed E-state index contributed by atoms with van der Waals surface area (Å²) in [6.45, 7) is 2.12. The van der Waals surface area contributed by atoms with E-state index in [0.29, 0.717) is 25.7 Å².